The van der Waals surface area contributed by atoms with Crippen molar-refractivity contribution in [2.75, 3.05) is 0 Å². The van der Waals surface area contributed by atoms with Crippen LogP contribution in [0.1, 0.15) is 36.7 Å². The molecular formula is C16H20ClN3. The lowest BCUT2D eigenvalue weighted by molar-refractivity contribution is 0.400. The topological polar surface area (TPSA) is 37.8 Å². The van der Waals surface area contributed by atoms with Crippen molar-refractivity contribution in [2.24, 2.45) is 5.92 Å². The molecule has 0 radical (unpaired) electrons. The second kappa shape index (κ2) is 6.82. The predicted molar refractivity (Wildman–Crippen MR) is 82.6 cm³/mol. The molecule has 2 rings (SSSR count). The molecule has 0 aliphatic rings. The Kier molecular flexibility index (Phi) is 5.10. The van der Waals surface area contributed by atoms with Gasteiger partial charge in [-0.2, -0.15) is 0 Å². The zero-order valence-corrected chi connectivity index (χ0v) is 12.9. The highest BCUT2D eigenvalue weighted by Gasteiger charge is 2.18. The van der Waals surface area contributed by atoms with Gasteiger partial charge in [-0.05, 0) is 30.5 Å². The van der Waals surface area contributed by atoms with E-state index in [0.29, 0.717) is 17.6 Å². The van der Waals surface area contributed by atoms with Crippen molar-refractivity contribution in [3.63, 3.8) is 0 Å². The minimum Gasteiger partial charge on any atom is -0.304 e. The second-order valence-electron chi connectivity index (χ2n) is 5.26. The zero-order valence-electron chi connectivity index (χ0n) is 12.1. The molecule has 1 unspecified atom stereocenters. The summed E-state index contributed by atoms with van der Waals surface area (Å²) in [6.45, 7) is 7.16. The summed E-state index contributed by atoms with van der Waals surface area (Å²) in [5.41, 5.74) is 3.31. The van der Waals surface area contributed by atoms with E-state index in [9.17, 15) is 0 Å². The van der Waals surface area contributed by atoms with Crippen molar-refractivity contribution in [3.8, 4) is 0 Å². The number of aryl methyl sites for hydroxylation is 1. The van der Waals surface area contributed by atoms with E-state index in [2.05, 4.69) is 42.1 Å². The van der Waals surface area contributed by atoms with Crippen molar-refractivity contribution in [2.45, 2.75) is 33.4 Å². The van der Waals surface area contributed by atoms with Gasteiger partial charge in [-0.15, -0.1) is 0 Å². The van der Waals surface area contributed by atoms with E-state index in [0.717, 1.165) is 11.3 Å². The largest absolute Gasteiger partial charge is 0.304 e. The Morgan fingerprint density at radius 3 is 2.50 bits per heavy atom. The summed E-state index contributed by atoms with van der Waals surface area (Å²) in [7, 11) is 0. The number of hydrogen-bond acceptors (Lipinski definition) is 3. The van der Waals surface area contributed by atoms with Crippen molar-refractivity contribution in [3.05, 3.63) is 58.6 Å². The molecule has 0 fully saturated rings. The van der Waals surface area contributed by atoms with Gasteiger partial charge in [0.25, 0.3) is 0 Å². The second-order valence-corrected chi connectivity index (χ2v) is 5.62. The smallest absolute Gasteiger partial charge is 0.133 e. The Morgan fingerprint density at radius 1 is 1.15 bits per heavy atom. The molecule has 0 saturated carbocycles. The highest BCUT2D eigenvalue weighted by Crippen LogP contribution is 2.23. The van der Waals surface area contributed by atoms with Crippen LogP contribution in [0.15, 0.2) is 36.7 Å². The molecule has 0 amide bonds. The van der Waals surface area contributed by atoms with E-state index in [4.69, 9.17) is 11.6 Å². The van der Waals surface area contributed by atoms with Crippen LogP contribution in [0, 0.1) is 12.8 Å². The molecular weight excluding hydrogens is 270 g/mol. The number of pyridine rings is 2. The van der Waals surface area contributed by atoms with Gasteiger partial charge in [0.15, 0.2) is 0 Å². The van der Waals surface area contributed by atoms with Crippen LogP contribution in [-0.2, 0) is 6.54 Å². The van der Waals surface area contributed by atoms with E-state index in [1.54, 1.807) is 6.20 Å². The number of halogens is 1. The maximum atomic E-state index is 6.10. The Morgan fingerprint density at radius 2 is 1.85 bits per heavy atom. The van der Waals surface area contributed by atoms with Gasteiger partial charge < -0.3 is 5.32 Å². The third-order valence-electron chi connectivity index (χ3n) is 3.36. The number of aromatic nitrogens is 2. The first-order valence-electron chi connectivity index (χ1n) is 6.84. The van der Waals surface area contributed by atoms with Crippen LogP contribution in [0.2, 0.25) is 5.15 Å². The highest BCUT2D eigenvalue weighted by molar-refractivity contribution is 6.30. The van der Waals surface area contributed by atoms with Crippen molar-refractivity contribution in [1.82, 2.24) is 15.3 Å². The Balaban J connectivity index is 2.15. The van der Waals surface area contributed by atoms with E-state index in [1.165, 1.54) is 5.56 Å². The van der Waals surface area contributed by atoms with Gasteiger partial charge in [0.2, 0.25) is 0 Å². The summed E-state index contributed by atoms with van der Waals surface area (Å²) >= 11 is 6.10. The normalized spacial score (nSPS) is 12.7. The average molecular weight is 290 g/mol. The molecule has 0 saturated heterocycles. The summed E-state index contributed by atoms with van der Waals surface area (Å²) in [5.74, 6) is 0.444. The maximum absolute atomic E-state index is 6.10. The lowest BCUT2D eigenvalue weighted by Crippen LogP contribution is -2.27. The number of nitrogens with one attached hydrogen (secondary N) is 1. The molecule has 4 heteroatoms. The van der Waals surface area contributed by atoms with Gasteiger partial charge in [-0.25, -0.2) is 4.98 Å². The summed E-state index contributed by atoms with van der Waals surface area (Å²) in [4.78, 5) is 8.63. The monoisotopic (exact) mass is 289 g/mol. The zero-order chi connectivity index (χ0) is 14.5. The molecule has 20 heavy (non-hydrogen) atoms. The van der Waals surface area contributed by atoms with Crippen molar-refractivity contribution < 1.29 is 0 Å². The third-order valence-corrected chi connectivity index (χ3v) is 3.70. The molecule has 0 aliphatic heterocycles. The lowest BCUT2D eigenvalue weighted by Gasteiger charge is -2.23. The Bertz CT molecular complexity index is 569. The maximum Gasteiger partial charge on any atom is 0.133 e. The molecule has 2 aromatic rings. The molecule has 0 spiro atoms. The lowest BCUT2D eigenvalue weighted by atomic mass is 9.97. The van der Waals surface area contributed by atoms with Crippen LogP contribution in [0.5, 0.6) is 0 Å². The molecule has 2 aromatic heterocycles. The van der Waals surface area contributed by atoms with Crippen molar-refractivity contribution in [1.29, 1.82) is 0 Å². The number of rotatable bonds is 5. The minimum absolute atomic E-state index is 0.201. The molecule has 0 aromatic carbocycles. The SMILES string of the molecule is Cc1cccnc1C(NCc1cccnc1Cl)C(C)C. The van der Waals surface area contributed by atoms with Gasteiger partial charge in [0, 0.05) is 24.5 Å². The quantitative estimate of drug-likeness (QED) is 0.848. The van der Waals surface area contributed by atoms with Crippen LogP contribution in [0.4, 0.5) is 0 Å². The Hall–Kier alpha value is -1.45. The van der Waals surface area contributed by atoms with E-state index >= 15 is 0 Å². The van der Waals surface area contributed by atoms with E-state index < -0.39 is 0 Å². The van der Waals surface area contributed by atoms with Gasteiger partial charge in [-0.1, -0.05) is 37.6 Å². The third kappa shape index (κ3) is 3.56. The first kappa shape index (κ1) is 14.9. The van der Waals surface area contributed by atoms with Gasteiger partial charge >= 0.3 is 0 Å². The first-order chi connectivity index (χ1) is 9.59. The summed E-state index contributed by atoms with van der Waals surface area (Å²) in [6, 6.07) is 8.15. The minimum atomic E-state index is 0.201. The standard InChI is InChI=1S/C16H20ClN3/c1-11(2)14(15-12(3)6-4-8-18-15)20-10-13-7-5-9-19-16(13)17/h4-9,11,14,20H,10H2,1-3H3. The van der Waals surface area contributed by atoms with Gasteiger partial charge in [0.05, 0.1) is 11.7 Å². The predicted octanol–water partition coefficient (Wildman–Crippen LogP) is 3.93. The molecule has 0 aliphatic carbocycles. The van der Waals surface area contributed by atoms with Gasteiger partial charge in [-0.3, -0.25) is 4.98 Å². The Labute approximate surface area is 125 Å². The summed E-state index contributed by atoms with van der Waals surface area (Å²) in [6.07, 6.45) is 3.55. The van der Waals surface area contributed by atoms with Crippen LogP contribution < -0.4 is 5.32 Å². The van der Waals surface area contributed by atoms with E-state index in [-0.39, 0.29) is 6.04 Å². The fourth-order valence-corrected chi connectivity index (χ4v) is 2.43. The molecule has 1 atom stereocenters. The van der Waals surface area contributed by atoms with Crippen LogP contribution in [0.25, 0.3) is 0 Å². The molecule has 1 N–H and O–H groups in total. The molecule has 2 heterocycles. The first-order valence-corrected chi connectivity index (χ1v) is 7.21. The van der Waals surface area contributed by atoms with Crippen molar-refractivity contribution >= 4 is 11.6 Å². The van der Waals surface area contributed by atoms with Crippen LogP contribution in [-0.4, -0.2) is 9.97 Å². The average Bonchev–Trinajstić information content (AvgIpc) is 2.42. The van der Waals surface area contributed by atoms with Crippen LogP contribution in [0.3, 0.4) is 0 Å². The number of hydrogen-bond donors (Lipinski definition) is 1. The summed E-state index contributed by atoms with van der Waals surface area (Å²) in [5, 5.41) is 4.10. The molecule has 106 valence electrons. The highest BCUT2D eigenvalue weighted by atomic mass is 35.5. The van der Waals surface area contributed by atoms with Gasteiger partial charge in [0.1, 0.15) is 5.15 Å². The fourth-order valence-electron chi connectivity index (χ4n) is 2.24. The van der Waals surface area contributed by atoms with E-state index in [1.807, 2.05) is 24.4 Å². The van der Waals surface area contributed by atoms with Crippen LogP contribution >= 0.6 is 11.6 Å². The molecule has 0 bridgehead atoms. The fraction of sp³-hybridized carbons (Fsp3) is 0.375. The summed E-state index contributed by atoms with van der Waals surface area (Å²) < 4.78 is 0. The molecule has 3 nitrogen and oxygen atoms in total. The number of nitrogens with zero attached hydrogens (tertiary/aromatic N) is 2.